The summed E-state index contributed by atoms with van der Waals surface area (Å²) in [7, 11) is 0. The first-order valence-corrected chi connectivity index (χ1v) is 8.18. The Morgan fingerprint density at radius 3 is 2.15 bits per heavy atom. The lowest BCUT2D eigenvalue weighted by Gasteiger charge is -2.07. The summed E-state index contributed by atoms with van der Waals surface area (Å²) in [6, 6.07) is 3.64. The van der Waals surface area contributed by atoms with E-state index in [9.17, 15) is 0 Å². The third-order valence-corrected chi connectivity index (χ3v) is 3.54. The number of nitrogen functional groups attached to an aromatic ring is 1. The van der Waals surface area contributed by atoms with Crippen molar-refractivity contribution >= 4 is 5.69 Å². The third kappa shape index (κ3) is 8.03. The average molecular weight is 278 g/mol. The predicted octanol–water partition coefficient (Wildman–Crippen LogP) is 4.96. The zero-order chi connectivity index (χ0) is 14.5. The second kappa shape index (κ2) is 11.6. The lowest BCUT2D eigenvalue weighted by molar-refractivity contribution is 0.295. The summed E-state index contributed by atoms with van der Waals surface area (Å²) < 4.78 is 5.57. The van der Waals surface area contributed by atoms with Crippen LogP contribution in [0, 0.1) is 0 Å². The second-order valence-corrected chi connectivity index (χ2v) is 5.43. The van der Waals surface area contributed by atoms with E-state index in [2.05, 4.69) is 11.9 Å². The van der Waals surface area contributed by atoms with Gasteiger partial charge >= 0.3 is 0 Å². The van der Waals surface area contributed by atoms with Crippen molar-refractivity contribution in [2.45, 2.75) is 71.1 Å². The van der Waals surface area contributed by atoms with E-state index in [4.69, 9.17) is 10.5 Å². The largest absolute Gasteiger partial charge is 0.476 e. The molecule has 1 aromatic rings. The highest BCUT2D eigenvalue weighted by atomic mass is 16.5. The molecule has 0 aliphatic carbocycles. The van der Waals surface area contributed by atoms with Crippen LogP contribution in [-0.2, 0) is 0 Å². The number of hydrogen-bond donors (Lipinski definition) is 1. The van der Waals surface area contributed by atoms with E-state index in [1.165, 1.54) is 57.8 Å². The molecular weight excluding hydrogens is 248 g/mol. The first kappa shape index (κ1) is 16.8. The average Bonchev–Trinajstić information content (AvgIpc) is 2.46. The van der Waals surface area contributed by atoms with Crippen molar-refractivity contribution in [1.82, 2.24) is 4.98 Å². The van der Waals surface area contributed by atoms with Gasteiger partial charge in [-0.05, 0) is 18.6 Å². The van der Waals surface area contributed by atoms with Crippen LogP contribution in [0.25, 0.3) is 0 Å². The molecule has 20 heavy (non-hydrogen) atoms. The number of rotatable bonds is 12. The Labute approximate surface area is 123 Å². The fourth-order valence-electron chi connectivity index (χ4n) is 2.28. The molecule has 3 nitrogen and oxygen atoms in total. The molecule has 0 saturated carbocycles. The number of pyridine rings is 1. The summed E-state index contributed by atoms with van der Waals surface area (Å²) in [5.74, 6) is 0.573. The van der Waals surface area contributed by atoms with E-state index in [0.29, 0.717) is 11.6 Å². The van der Waals surface area contributed by atoms with Gasteiger partial charge in [0.2, 0.25) is 5.88 Å². The van der Waals surface area contributed by atoms with Crippen molar-refractivity contribution in [3.05, 3.63) is 18.3 Å². The van der Waals surface area contributed by atoms with Gasteiger partial charge in [-0.25, -0.2) is 4.98 Å². The van der Waals surface area contributed by atoms with Gasteiger partial charge in [-0.2, -0.15) is 0 Å². The Balaban J connectivity index is 1.87. The molecule has 0 atom stereocenters. The summed E-state index contributed by atoms with van der Waals surface area (Å²) in [5, 5.41) is 0. The highest BCUT2D eigenvalue weighted by Crippen LogP contribution is 2.16. The van der Waals surface area contributed by atoms with E-state index in [0.717, 1.165) is 13.0 Å². The number of nitrogens with zero attached hydrogens (tertiary/aromatic N) is 1. The number of anilines is 1. The molecule has 0 amide bonds. The Bertz CT molecular complexity index is 342. The van der Waals surface area contributed by atoms with Crippen LogP contribution in [0.1, 0.15) is 71.1 Å². The van der Waals surface area contributed by atoms with E-state index in [1.807, 2.05) is 12.1 Å². The standard InChI is InChI=1S/C17H30N2O/c1-2-3-4-5-6-7-8-9-10-11-15-20-17-16(18)13-12-14-19-17/h12-14H,2-11,15,18H2,1H3. The molecule has 1 rings (SSSR count). The monoisotopic (exact) mass is 278 g/mol. The molecule has 0 fully saturated rings. The lowest BCUT2D eigenvalue weighted by Crippen LogP contribution is -2.01. The molecule has 0 unspecified atom stereocenters. The van der Waals surface area contributed by atoms with Crippen LogP contribution in [0.2, 0.25) is 0 Å². The van der Waals surface area contributed by atoms with Gasteiger partial charge in [0.05, 0.1) is 12.3 Å². The van der Waals surface area contributed by atoms with Gasteiger partial charge in [0.25, 0.3) is 0 Å². The van der Waals surface area contributed by atoms with Gasteiger partial charge < -0.3 is 10.5 Å². The zero-order valence-corrected chi connectivity index (χ0v) is 12.9. The summed E-state index contributed by atoms with van der Waals surface area (Å²) >= 11 is 0. The SMILES string of the molecule is CCCCCCCCCCCCOc1ncccc1N. The fraction of sp³-hybridized carbons (Fsp3) is 0.706. The summed E-state index contributed by atoms with van der Waals surface area (Å²) in [4.78, 5) is 4.11. The number of hydrogen-bond acceptors (Lipinski definition) is 3. The van der Waals surface area contributed by atoms with Crippen molar-refractivity contribution in [3.63, 3.8) is 0 Å². The molecule has 1 heterocycles. The fourth-order valence-corrected chi connectivity index (χ4v) is 2.28. The van der Waals surface area contributed by atoms with Crippen LogP contribution in [-0.4, -0.2) is 11.6 Å². The highest BCUT2D eigenvalue weighted by Gasteiger charge is 1.99. The van der Waals surface area contributed by atoms with Gasteiger partial charge in [0.1, 0.15) is 0 Å². The summed E-state index contributed by atoms with van der Waals surface area (Å²) in [6.45, 7) is 2.98. The van der Waals surface area contributed by atoms with E-state index in [1.54, 1.807) is 6.20 Å². The summed E-state index contributed by atoms with van der Waals surface area (Å²) in [5.41, 5.74) is 6.39. The number of unbranched alkanes of at least 4 members (excludes halogenated alkanes) is 9. The van der Waals surface area contributed by atoms with Gasteiger partial charge in [-0.15, -0.1) is 0 Å². The Kier molecular flexibility index (Phi) is 9.72. The van der Waals surface area contributed by atoms with E-state index >= 15 is 0 Å². The van der Waals surface area contributed by atoms with Gasteiger partial charge in [0.15, 0.2) is 0 Å². The highest BCUT2D eigenvalue weighted by molar-refractivity contribution is 5.46. The van der Waals surface area contributed by atoms with Gasteiger partial charge in [-0.1, -0.05) is 64.7 Å². The quantitative estimate of drug-likeness (QED) is 0.549. The minimum absolute atomic E-state index is 0.573. The minimum Gasteiger partial charge on any atom is -0.476 e. The molecule has 0 saturated heterocycles. The Hall–Kier alpha value is -1.25. The Morgan fingerprint density at radius 1 is 0.950 bits per heavy atom. The van der Waals surface area contributed by atoms with Crippen molar-refractivity contribution in [3.8, 4) is 5.88 Å². The molecule has 0 aromatic carbocycles. The smallest absolute Gasteiger partial charge is 0.237 e. The maximum absolute atomic E-state index is 5.76. The first-order valence-electron chi connectivity index (χ1n) is 8.18. The van der Waals surface area contributed by atoms with Crippen LogP contribution in [0.15, 0.2) is 18.3 Å². The molecule has 0 aliphatic rings. The maximum atomic E-state index is 5.76. The van der Waals surface area contributed by atoms with Crippen LogP contribution >= 0.6 is 0 Å². The number of nitrogens with two attached hydrogens (primary N) is 1. The first-order chi connectivity index (χ1) is 9.84. The lowest BCUT2D eigenvalue weighted by atomic mass is 10.1. The topological polar surface area (TPSA) is 48.1 Å². The molecule has 0 spiro atoms. The second-order valence-electron chi connectivity index (χ2n) is 5.43. The number of aromatic nitrogens is 1. The minimum atomic E-state index is 0.573. The van der Waals surface area contributed by atoms with Crippen LogP contribution in [0.4, 0.5) is 5.69 Å². The van der Waals surface area contributed by atoms with Crippen molar-refractivity contribution in [1.29, 1.82) is 0 Å². The molecule has 1 aromatic heterocycles. The zero-order valence-electron chi connectivity index (χ0n) is 12.9. The summed E-state index contributed by atoms with van der Waals surface area (Å²) in [6.07, 6.45) is 15.1. The maximum Gasteiger partial charge on any atom is 0.237 e. The third-order valence-electron chi connectivity index (χ3n) is 3.54. The predicted molar refractivity (Wildman–Crippen MR) is 86.0 cm³/mol. The van der Waals surface area contributed by atoms with Crippen molar-refractivity contribution in [2.75, 3.05) is 12.3 Å². The van der Waals surface area contributed by atoms with E-state index < -0.39 is 0 Å². The van der Waals surface area contributed by atoms with Crippen molar-refractivity contribution in [2.24, 2.45) is 0 Å². The molecular formula is C17H30N2O. The van der Waals surface area contributed by atoms with Crippen LogP contribution < -0.4 is 10.5 Å². The molecule has 3 heteroatoms. The Morgan fingerprint density at radius 2 is 1.55 bits per heavy atom. The van der Waals surface area contributed by atoms with Gasteiger partial charge in [-0.3, -0.25) is 0 Å². The molecule has 2 N–H and O–H groups in total. The molecule has 0 bridgehead atoms. The molecule has 0 radical (unpaired) electrons. The van der Waals surface area contributed by atoms with Crippen LogP contribution in [0.5, 0.6) is 5.88 Å². The molecule has 114 valence electrons. The van der Waals surface area contributed by atoms with E-state index in [-0.39, 0.29) is 0 Å². The van der Waals surface area contributed by atoms with Crippen LogP contribution in [0.3, 0.4) is 0 Å². The van der Waals surface area contributed by atoms with Gasteiger partial charge in [0, 0.05) is 6.20 Å². The molecule has 0 aliphatic heterocycles. The normalized spacial score (nSPS) is 10.7. The van der Waals surface area contributed by atoms with Crippen molar-refractivity contribution < 1.29 is 4.74 Å². The number of ether oxygens (including phenoxy) is 1.